The van der Waals surface area contributed by atoms with Gasteiger partial charge >= 0.3 is 0 Å². The Labute approximate surface area is 192 Å². The largest absolute Gasteiger partial charge is 0.311 e. The number of hydrogen-bond acceptors (Lipinski definition) is 3. The Morgan fingerprint density at radius 1 is 1.03 bits per heavy atom. The summed E-state index contributed by atoms with van der Waals surface area (Å²) < 4.78 is 28.1. The Balaban J connectivity index is 1.60. The van der Waals surface area contributed by atoms with Crippen molar-refractivity contribution in [2.75, 3.05) is 17.2 Å². The number of halogens is 3. The summed E-state index contributed by atoms with van der Waals surface area (Å²) in [5.74, 6) is -1.08. The smallest absolute Gasteiger partial charge is 0.268 e. The Bertz CT molecular complexity index is 1250. The lowest BCUT2D eigenvalue weighted by atomic mass is 10.0. The molecule has 2 heterocycles. The second-order valence-corrected chi connectivity index (χ2v) is 9.37. The summed E-state index contributed by atoms with van der Waals surface area (Å²) in [7, 11) is 0. The molecule has 0 N–H and O–H groups in total. The molecule has 1 spiro atoms. The third-order valence-corrected chi connectivity index (χ3v) is 7.36. The van der Waals surface area contributed by atoms with Crippen molar-refractivity contribution in [1.82, 2.24) is 4.90 Å². The van der Waals surface area contributed by atoms with E-state index >= 15 is 0 Å². The van der Waals surface area contributed by atoms with Crippen molar-refractivity contribution in [3.8, 4) is 0 Å². The molecule has 1 saturated heterocycles. The zero-order valence-corrected chi connectivity index (χ0v) is 18.3. The van der Waals surface area contributed by atoms with Crippen molar-refractivity contribution >= 4 is 40.9 Å². The van der Waals surface area contributed by atoms with E-state index in [1.165, 1.54) is 51.9 Å². The van der Waals surface area contributed by atoms with Gasteiger partial charge in [-0.3, -0.25) is 9.59 Å². The van der Waals surface area contributed by atoms with Gasteiger partial charge in [-0.15, -0.1) is 11.8 Å². The van der Waals surface area contributed by atoms with Crippen LogP contribution >= 0.6 is 23.4 Å². The number of benzene rings is 3. The average molecular weight is 471 g/mol. The molecule has 0 aromatic heterocycles. The Hall–Kier alpha value is -2.90. The molecule has 3 aromatic carbocycles. The Kier molecular flexibility index (Phi) is 5.18. The molecule has 5 rings (SSSR count). The molecule has 0 saturated carbocycles. The summed E-state index contributed by atoms with van der Waals surface area (Å²) in [5.41, 5.74) is 1.89. The molecule has 4 nitrogen and oxygen atoms in total. The van der Waals surface area contributed by atoms with Gasteiger partial charge in [0.05, 0.1) is 12.2 Å². The zero-order chi connectivity index (χ0) is 22.5. The number of carbonyl (C=O) groups is 2. The van der Waals surface area contributed by atoms with Crippen molar-refractivity contribution < 1.29 is 18.4 Å². The van der Waals surface area contributed by atoms with E-state index in [9.17, 15) is 18.4 Å². The van der Waals surface area contributed by atoms with Gasteiger partial charge in [0, 0.05) is 28.4 Å². The second-order valence-electron chi connectivity index (χ2n) is 7.64. The van der Waals surface area contributed by atoms with Crippen molar-refractivity contribution in [2.24, 2.45) is 0 Å². The second kappa shape index (κ2) is 7.90. The number of rotatable bonds is 3. The molecule has 32 heavy (non-hydrogen) atoms. The minimum Gasteiger partial charge on any atom is -0.311 e. The lowest BCUT2D eigenvalue weighted by molar-refractivity contribution is -0.123. The molecule has 1 atom stereocenters. The summed E-state index contributed by atoms with van der Waals surface area (Å²) in [6.07, 6.45) is 0. The van der Waals surface area contributed by atoms with E-state index < -0.39 is 16.5 Å². The van der Waals surface area contributed by atoms with Gasteiger partial charge in [0.15, 0.2) is 4.87 Å². The van der Waals surface area contributed by atoms with Crippen LogP contribution in [-0.4, -0.2) is 29.0 Å². The summed E-state index contributed by atoms with van der Waals surface area (Å²) in [5, 5.41) is 0.411. The van der Waals surface area contributed by atoms with Crippen molar-refractivity contribution in [3.05, 3.63) is 100 Å². The van der Waals surface area contributed by atoms with Gasteiger partial charge in [0.2, 0.25) is 0 Å². The molecule has 162 valence electrons. The first-order chi connectivity index (χ1) is 15.4. The number of fused-ring (bicyclic) bond motifs is 2. The number of nitrogens with zero attached hydrogens (tertiary/aromatic N) is 2. The fourth-order valence-corrected chi connectivity index (χ4v) is 5.98. The Morgan fingerprint density at radius 2 is 1.81 bits per heavy atom. The van der Waals surface area contributed by atoms with Crippen LogP contribution in [-0.2, 0) is 16.2 Å². The minimum atomic E-state index is -1.38. The van der Waals surface area contributed by atoms with Crippen LogP contribution in [0.4, 0.5) is 14.5 Å². The molecule has 0 bridgehead atoms. The molecular formula is C24H17ClF2N2O2S. The summed E-state index contributed by atoms with van der Waals surface area (Å²) in [4.78, 5) is 28.9. The van der Waals surface area contributed by atoms with Gasteiger partial charge in [0.25, 0.3) is 11.8 Å². The molecular weight excluding hydrogens is 454 g/mol. The van der Waals surface area contributed by atoms with Crippen LogP contribution in [0.2, 0.25) is 5.02 Å². The zero-order valence-electron chi connectivity index (χ0n) is 16.7. The van der Waals surface area contributed by atoms with Crippen LogP contribution in [0.25, 0.3) is 0 Å². The topological polar surface area (TPSA) is 40.6 Å². The van der Waals surface area contributed by atoms with Crippen LogP contribution in [0.3, 0.4) is 0 Å². The minimum absolute atomic E-state index is 0.108. The first kappa shape index (κ1) is 21.0. The lowest BCUT2D eigenvalue weighted by Crippen LogP contribution is -2.50. The maximum Gasteiger partial charge on any atom is 0.268 e. The van der Waals surface area contributed by atoms with E-state index in [0.717, 1.165) is 0 Å². The lowest BCUT2D eigenvalue weighted by Gasteiger charge is -2.33. The van der Waals surface area contributed by atoms with Crippen molar-refractivity contribution in [1.29, 1.82) is 0 Å². The highest BCUT2D eigenvalue weighted by molar-refractivity contribution is 8.01. The standard InChI is InChI=1S/C24H17ClF2N2O2S/c25-17-5-2-4-16(12-17)22(30)29-9-10-32-24(29)20-13-19(27)7-8-21(20)28(23(24)31)14-15-3-1-6-18(26)11-15/h1-8,11-13H,9-10,14H2/t24-/m1/s1. The molecule has 3 aromatic rings. The van der Waals surface area contributed by atoms with Gasteiger partial charge in [-0.2, -0.15) is 0 Å². The highest BCUT2D eigenvalue weighted by atomic mass is 35.5. The van der Waals surface area contributed by atoms with Crippen molar-refractivity contribution in [2.45, 2.75) is 11.4 Å². The van der Waals surface area contributed by atoms with Gasteiger partial charge in [0.1, 0.15) is 11.6 Å². The predicted molar refractivity (Wildman–Crippen MR) is 121 cm³/mol. The van der Waals surface area contributed by atoms with E-state index in [1.807, 2.05) is 0 Å². The van der Waals surface area contributed by atoms with Crippen LogP contribution in [0.15, 0.2) is 66.7 Å². The molecule has 1 fully saturated rings. The first-order valence-corrected chi connectivity index (χ1v) is 11.3. The molecule has 8 heteroatoms. The van der Waals surface area contributed by atoms with E-state index in [1.54, 1.807) is 36.4 Å². The van der Waals surface area contributed by atoms with E-state index in [4.69, 9.17) is 11.6 Å². The van der Waals surface area contributed by atoms with E-state index in [-0.39, 0.29) is 18.4 Å². The Morgan fingerprint density at radius 3 is 2.59 bits per heavy atom. The summed E-state index contributed by atoms with van der Waals surface area (Å²) in [6.45, 7) is 0.433. The quantitative estimate of drug-likeness (QED) is 0.528. The molecule has 0 radical (unpaired) electrons. The first-order valence-electron chi connectivity index (χ1n) is 9.98. The third-order valence-electron chi connectivity index (χ3n) is 5.70. The molecule has 0 unspecified atom stereocenters. The summed E-state index contributed by atoms with van der Waals surface area (Å²) in [6, 6.07) is 16.7. The van der Waals surface area contributed by atoms with E-state index in [2.05, 4.69) is 0 Å². The van der Waals surface area contributed by atoms with Gasteiger partial charge in [-0.25, -0.2) is 8.78 Å². The average Bonchev–Trinajstić information content (AvgIpc) is 3.30. The van der Waals surface area contributed by atoms with Crippen molar-refractivity contribution in [3.63, 3.8) is 0 Å². The SMILES string of the molecule is O=C(c1cccc(Cl)c1)N1CCS[C@]12C(=O)N(Cc1cccc(F)c1)c1ccc(F)cc12. The molecule has 2 aliphatic rings. The number of amides is 2. The van der Waals surface area contributed by atoms with Crippen LogP contribution < -0.4 is 4.90 Å². The maximum absolute atomic E-state index is 14.3. The number of thioether (sulfide) groups is 1. The van der Waals surface area contributed by atoms with Gasteiger partial charge in [-0.05, 0) is 54.1 Å². The number of carbonyl (C=O) groups excluding carboxylic acids is 2. The van der Waals surface area contributed by atoms with E-state index in [0.29, 0.717) is 39.7 Å². The summed E-state index contributed by atoms with van der Waals surface area (Å²) >= 11 is 7.38. The highest BCUT2D eigenvalue weighted by Gasteiger charge is 2.59. The van der Waals surface area contributed by atoms with Crippen LogP contribution in [0.5, 0.6) is 0 Å². The normalized spacial score (nSPS) is 19.7. The molecule has 2 aliphatic heterocycles. The van der Waals surface area contributed by atoms with Gasteiger partial charge in [-0.1, -0.05) is 29.8 Å². The fraction of sp³-hybridized carbons (Fsp3) is 0.167. The third kappa shape index (κ3) is 3.27. The van der Waals surface area contributed by atoms with Crippen LogP contribution in [0.1, 0.15) is 21.5 Å². The number of anilines is 1. The molecule has 2 amide bonds. The number of hydrogen-bond donors (Lipinski definition) is 0. The molecule has 0 aliphatic carbocycles. The highest BCUT2D eigenvalue weighted by Crippen LogP contribution is 2.55. The van der Waals surface area contributed by atoms with Crippen LogP contribution in [0, 0.1) is 11.6 Å². The maximum atomic E-state index is 14.3. The fourth-order valence-electron chi connectivity index (χ4n) is 4.34. The van der Waals surface area contributed by atoms with Gasteiger partial charge < -0.3 is 9.80 Å². The monoisotopic (exact) mass is 470 g/mol. The predicted octanol–water partition coefficient (Wildman–Crippen LogP) is 5.21.